The Balaban J connectivity index is 2.21. The Morgan fingerprint density at radius 1 is 0.933 bits per heavy atom. The van der Waals surface area contributed by atoms with Crippen molar-refractivity contribution in [1.82, 2.24) is 0 Å². The van der Waals surface area contributed by atoms with E-state index in [-0.39, 0.29) is 28.5 Å². The Bertz CT molecular complexity index is 1030. The van der Waals surface area contributed by atoms with Crippen molar-refractivity contribution in [3.63, 3.8) is 0 Å². The summed E-state index contributed by atoms with van der Waals surface area (Å²) in [6.07, 6.45) is 2.62. The van der Waals surface area contributed by atoms with Crippen LogP contribution in [0.5, 0.6) is 17.2 Å². The minimum atomic E-state index is -0.725. The van der Waals surface area contributed by atoms with E-state index in [1.165, 1.54) is 63.4 Å². The number of esters is 3. The fourth-order valence-corrected chi connectivity index (χ4v) is 2.37. The van der Waals surface area contributed by atoms with Crippen LogP contribution in [0.25, 0.3) is 6.08 Å². The zero-order valence-corrected chi connectivity index (χ0v) is 16.4. The minimum Gasteiger partial charge on any atom is -0.508 e. The molecule has 0 saturated heterocycles. The molecule has 2 rings (SSSR count). The summed E-state index contributed by atoms with van der Waals surface area (Å²) >= 11 is 0. The molecule has 2 aromatic carbocycles. The van der Waals surface area contributed by atoms with Gasteiger partial charge in [-0.1, -0.05) is 6.07 Å². The second-order valence-corrected chi connectivity index (χ2v) is 5.94. The maximum atomic E-state index is 12.2. The highest BCUT2D eigenvalue weighted by molar-refractivity contribution is 6.06. The van der Waals surface area contributed by atoms with E-state index in [1.807, 2.05) is 0 Å². The number of anilines is 1. The highest BCUT2D eigenvalue weighted by Gasteiger charge is 2.14. The molecule has 1 amide bonds. The SMILES string of the molecule is COC(=O)c1cc(O)ccc1NC(=O)C=Cc1ccc(OC(C)=O)c(OC(C)=O)c1. The lowest BCUT2D eigenvalue weighted by Gasteiger charge is -2.10. The number of aromatic hydroxyl groups is 1. The Hall–Kier alpha value is -4.14. The number of carbonyl (C=O) groups excluding carboxylic acids is 4. The average molecular weight is 413 g/mol. The van der Waals surface area contributed by atoms with Crippen molar-refractivity contribution in [3.05, 3.63) is 53.6 Å². The molecule has 0 aromatic heterocycles. The van der Waals surface area contributed by atoms with Gasteiger partial charge in [-0.3, -0.25) is 14.4 Å². The first kappa shape index (κ1) is 22.2. The van der Waals surface area contributed by atoms with Crippen molar-refractivity contribution < 1.29 is 38.5 Å². The summed E-state index contributed by atoms with van der Waals surface area (Å²) in [5, 5.41) is 12.0. The van der Waals surface area contributed by atoms with Crippen molar-refractivity contribution >= 4 is 35.6 Å². The molecule has 0 bridgehead atoms. The zero-order chi connectivity index (χ0) is 22.3. The summed E-state index contributed by atoms with van der Waals surface area (Å²) in [4.78, 5) is 46.5. The van der Waals surface area contributed by atoms with Crippen LogP contribution in [0.4, 0.5) is 5.69 Å². The lowest BCUT2D eigenvalue weighted by atomic mass is 10.1. The number of hydrogen-bond donors (Lipinski definition) is 2. The molecule has 0 unspecified atom stereocenters. The van der Waals surface area contributed by atoms with Gasteiger partial charge in [0.25, 0.3) is 0 Å². The maximum absolute atomic E-state index is 12.2. The van der Waals surface area contributed by atoms with Crippen LogP contribution in [-0.2, 0) is 19.1 Å². The van der Waals surface area contributed by atoms with E-state index in [2.05, 4.69) is 10.1 Å². The minimum absolute atomic E-state index is 0.0119. The van der Waals surface area contributed by atoms with Crippen LogP contribution in [0.3, 0.4) is 0 Å². The van der Waals surface area contributed by atoms with Gasteiger partial charge in [-0.2, -0.15) is 0 Å². The molecule has 0 saturated carbocycles. The first-order chi connectivity index (χ1) is 14.2. The van der Waals surface area contributed by atoms with E-state index in [9.17, 15) is 24.3 Å². The van der Waals surface area contributed by atoms with Gasteiger partial charge in [-0.05, 0) is 42.0 Å². The predicted octanol–water partition coefficient (Wildman–Crippen LogP) is 2.68. The molecule has 0 spiro atoms. The third kappa shape index (κ3) is 6.20. The standard InChI is InChI=1S/C21H19NO8/c1-12(23)29-18-8-4-14(10-19(18)30-13(2)24)5-9-20(26)22-17-7-6-15(25)11-16(17)21(27)28-3/h4-11,25H,1-3H3,(H,22,26). The molecule has 0 aliphatic heterocycles. The molecule has 156 valence electrons. The van der Waals surface area contributed by atoms with Gasteiger partial charge in [0, 0.05) is 19.9 Å². The van der Waals surface area contributed by atoms with Gasteiger partial charge in [-0.25, -0.2) is 4.79 Å². The fraction of sp³-hybridized carbons (Fsp3) is 0.143. The van der Waals surface area contributed by atoms with Crippen molar-refractivity contribution in [2.75, 3.05) is 12.4 Å². The summed E-state index contributed by atoms with van der Waals surface area (Å²) in [7, 11) is 1.18. The van der Waals surface area contributed by atoms with Crippen LogP contribution in [0.15, 0.2) is 42.5 Å². The van der Waals surface area contributed by atoms with Gasteiger partial charge in [-0.15, -0.1) is 0 Å². The highest BCUT2D eigenvalue weighted by Crippen LogP contribution is 2.29. The second kappa shape index (κ2) is 9.87. The van der Waals surface area contributed by atoms with Crippen molar-refractivity contribution in [2.45, 2.75) is 13.8 Å². The molecular formula is C21H19NO8. The summed E-state index contributed by atoms with van der Waals surface area (Å²) in [5.41, 5.74) is 0.624. The topological polar surface area (TPSA) is 128 Å². The fourth-order valence-electron chi connectivity index (χ4n) is 2.37. The van der Waals surface area contributed by atoms with E-state index in [0.717, 1.165) is 0 Å². The number of amides is 1. The second-order valence-electron chi connectivity index (χ2n) is 5.94. The van der Waals surface area contributed by atoms with Crippen LogP contribution in [0.2, 0.25) is 0 Å². The van der Waals surface area contributed by atoms with Crippen molar-refractivity contribution in [3.8, 4) is 17.2 Å². The van der Waals surface area contributed by atoms with Crippen molar-refractivity contribution in [1.29, 1.82) is 0 Å². The summed E-state index contributed by atoms with van der Waals surface area (Å²) < 4.78 is 14.6. The number of methoxy groups -OCH3 is 1. The zero-order valence-electron chi connectivity index (χ0n) is 16.4. The molecule has 30 heavy (non-hydrogen) atoms. The van der Waals surface area contributed by atoms with Crippen LogP contribution in [-0.4, -0.2) is 36.0 Å². The van der Waals surface area contributed by atoms with Gasteiger partial charge in [0.1, 0.15) is 5.75 Å². The highest BCUT2D eigenvalue weighted by atomic mass is 16.6. The first-order valence-electron chi connectivity index (χ1n) is 8.61. The molecular weight excluding hydrogens is 394 g/mol. The Kier molecular flexibility index (Phi) is 7.29. The number of phenols is 1. The third-order valence-corrected chi connectivity index (χ3v) is 3.57. The van der Waals surface area contributed by atoms with Gasteiger partial charge >= 0.3 is 17.9 Å². The molecule has 9 heteroatoms. The summed E-state index contributed by atoms with van der Waals surface area (Å²) in [6, 6.07) is 8.24. The van der Waals surface area contributed by atoms with Gasteiger partial charge in [0.15, 0.2) is 11.5 Å². The lowest BCUT2D eigenvalue weighted by Crippen LogP contribution is -2.13. The van der Waals surface area contributed by atoms with Crippen LogP contribution < -0.4 is 14.8 Å². The average Bonchev–Trinajstić information content (AvgIpc) is 2.68. The van der Waals surface area contributed by atoms with Crippen molar-refractivity contribution in [2.24, 2.45) is 0 Å². The number of hydrogen-bond acceptors (Lipinski definition) is 8. The molecule has 9 nitrogen and oxygen atoms in total. The molecule has 2 aromatic rings. The Morgan fingerprint density at radius 2 is 1.60 bits per heavy atom. The van der Waals surface area contributed by atoms with Crippen LogP contribution in [0.1, 0.15) is 29.8 Å². The normalized spacial score (nSPS) is 10.4. The largest absolute Gasteiger partial charge is 0.508 e. The number of carbonyl (C=O) groups is 4. The number of benzene rings is 2. The van der Waals surface area contributed by atoms with Gasteiger partial charge in [0.2, 0.25) is 5.91 Å². The monoisotopic (exact) mass is 413 g/mol. The van der Waals surface area contributed by atoms with E-state index in [1.54, 1.807) is 6.07 Å². The molecule has 0 aliphatic carbocycles. The quantitative estimate of drug-likeness (QED) is 0.320. The molecule has 0 heterocycles. The number of phenolic OH excluding ortho intramolecular Hbond substituents is 1. The molecule has 2 N–H and O–H groups in total. The van der Waals surface area contributed by atoms with E-state index >= 15 is 0 Å². The van der Waals surface area contributed by atoms with Crippen LogP contribution >= 0.6 is 0 Å². The van der Waals surface area contributed by atoms with E-state index in [4.69, 9.17) is 9.47 Å². The lowest BCUT2D eigenvalue weighted by molar-refractivity contribution is -0.134. The number of rotatable bonds is 6. The molecule has 0 aliphatic rings. The number of ether oxygens (including phenoxy) is 3. The Labute approximate surface area is 171 Å². The first-order valence-corrected chi connectivity index (χ1v) is 8.61. The Morgan fingerprint density at radius 3 is 2.23 bits per heavy atom. The summed E-state index contributed by atoms with van der Waals surface area (Å²) in [6.45, 7) is 2.41. The van der Waals surface area contributed by atoms with Crippen LogP contribution in [0, 0.1) is 0 Å². The molecule has 0 atom stereocenters. The predicted molar refractivity (Wildman–Crippen MR) is 106 cm³/mol. The summed E-state index contributed by atoms with van der Waals surface area (Å²) in [5.74, 6) is -2.56. The number of nitrogens with one attached hydrogen (secondary N) is 1. The maximum Gasteiger partial charge on any atom is 0.340 e. The van der Waals surface area contributed by atoms with E-state index < -0.39 is 23.8 Å². The molecule has 0 radical (unpaired) electrons. The van der Waals surface area contributed by atoms with Gasteiger partial charge < -0.3 is 24.6 Å². The smallest absolute Gasteiger partial charge is 0.340 e. The van der Waals surface area contributed by atoms with Gasteiger partial charge in [0.05, 0.1) is 18.4 Å². The van der Waals surface area contributed by atoms with E-state index in [0.29, 0.717) is 5.56 Å². The molecule has 0 fully saturated rings. The third-order valence-electron chi connectivity index (χ3n) is 3.57.